The number of piperidine rings is 1. The number of halogens is 1. The molecule has 1 atom stereocenters. The molecule has 2 fully saturated rings. The molecule has 1 aliphatic heterocycles. The Morgan fingerprint density at radius 3 is 2.74 bits per heavy atom. The van der Waals surface area contributed by atoms with E-state index in [1.807, 2.05) is 42.1 Å². The van der Waals surface area contributed by atoms with E-state index < -0.39 is 11.4 Å². The standard InChI is InChI=1S/C29H28FN5O2S/c1-29(37)13-21(14-29)35-15-19-10-18(6-7-24(19)33-35)27-22(17-5-8-25(32-2)23(30)11-17)12-26(38-27)28(36)34-9-3-4-20(31)16-34/h5-8,10-12,15,20-21,37H,3-4,9,13-14,16,31H2,1H3/t20-,21?,29?/m1/s1. The van der Waals surface area contributed by atoms with Crippen LogP contribution in [0.4, 0.5) is 10.1 Å². The first kappa shape index (κ1) is 24.7. The van der Waals surface area contributed by atoms with Crippen molar-refractivity contribution in [3.8, 4) is 21.6 Å². The Bertz CT molecular complexity index is 1590. The molecule has 4 aromatic rings. The lowest BCUT2D eigenvalue weighted by Crippen LogP contribution is -2.45. The van der Waals surface area contributed by atoms with E-state index in [0.717, 1.165) is 39.7 Å². The lowest BCUT2D eigenvalue weighted by atomic mass is 9.77. The summed E-state index contributed by atoms with van der Waals surface area (Å²) < 4.78 is 16.5. The predicted octanol–water partition coefficient (Wildman–Crippen LogP) is 5.77. The minimum atomic E-state index is -0.640. The van der Waals surface area contributed by atoms with E-state index in [1.165, 1.54) is 23.5 Å². The van der Waals surface area contributed by atoms with Gasteiger partial charge in [0.1, 0.15) is 5.82 Å². The third-order valence-electron chi connectivity index (χ3n) is 7.58. The number of thiophene rings is 1. The molecule has 0 unspecified atom stereocenters. The zero-order valence-electron chi connectivity index (χ0n) is 21.0. The maximum Gasteiger partial charge on any atom is 0.264 e. The first-order valence-electron chi connectivity index (χ1n) is 12.8. The Balaban J connectivity index is 1.41. The van der Waals surface area contributed by atoms with Crippen LogP contribution in [0.5, 0.6) is 0 Å². The van der Waals surface area contributed by atoms with Gasteiger partial charge in [0.25, 0.3) is 5.91 Å². The Kier molecular flexibility index (Phi) is 6.06. The van der Waals surface area contributed by atoms with E-state index in [9.17, 15) is 14.3 Å². The summed E-state index contributed by atoms with van der Waals surface area (Å²) in [5.74, 6) is -0.653. The topological polar surface area (TPSA) is 88.7 Å². The smallest absolute Gasteiger partial charge is 0.264 e. The molecule has 0 radical (unpaired) electrons. The van der Waals surface area contributed by atoms with Crippen molar-refractivity contribution in [2.75, 3.05) is 13.1 Å². The van der Waals surface area contributed by atoms with Gasteiger partial charge in [-0.2, -0.15) is 5.10 Å². The lowest BCUT2D eigenvalue weighted by Gasteiger charge is -2.40. The number of rotatable bonds is 4. The number of aromatic nitrogens is 2. The fourth-order valence-electron chi connectivity index (χ4n) is 5.56. The molecular weight excluding hydrogens is 501 g/mol. The maximum atomic E-state index is 14.6. The molecule has 38 heavy (non-hydrogen) atoms. The van der Waals surface area contributed by atoms with E-state index in [2.05, 4.69) is 4.85 Å². The number of benzene rings is 2. The highest BCUT2D eigenvalue weighted by molar-refractivity contribution is 7.18. The van der Waals surface area contributed by atoms with Crippen LogP contribution in [0.2, 0.25) is 0 Å². The summed E-state index contributed by atoms with van der Waals surface area (Å²) >= 11 is 1.39. The van der Waals surface area contributed by atoms with Gasteiger partial charge < -0.3 is 15.7 Å². The van der Waals surface area contributed by atoms with Crippen molar-refractivity contribution < 1.29 is 14.3 Å². The van der Waals surface area contributed by atoms with Gasteiger partial charge in [-0.1, -0.05) is 18.2 Å². The molecule has 6 rings (SSSR count). The van der Waals surface area contributed by atoms with E-state index >= 15 is 0 Å². The number of carbonyl (C=O) groups is 1. The van der Waals surface area contributed by atoms with Gasteiger partial charge in [-0.3, -0.25) is 9.48 Å². The largest absolute Gasteiger partial charge is 0.390 e. The van der Waals surface area contributed by atoms with Gasteiger partial charge in [-0.15, -0.1) is 11.3 Å². The number of fused-ring (bicyclic) bond motifs is 1. The second-order valence-corrected chi connectivity index (χ2v) is 11.8. The molecule has 0 bridgehead atoms. The molecule has 1 saturated heterocycles. The first-order valence-corrected chi connectivity index (χ1v) is 13.6. The van der Waals surface area contributed by atoms with Crippen LogP contribution in [0.1, 0.15) is 48.3 Å². The van der Waals surface area contributed by atoms with Crippen molar-refractivity contribution in [1.82, 2.24) is 14.7 Å². The van der Waals surface area contributed by atoms with Crippen LogP contribution in [0.3, 0.4) is 0 Å². The summed E-state index contributed by atoms with van der Waals surface area (Å²) in [5.41, 5.74) is 8.57. The number of nitrogens with zero attached hydrogens (tertiary/aromatic N) is 4. The number of nitrogens with two attached hydrogens (primary N) is 1. The molecular formula is C29H28FN5O2S. The highest BCUT2D eigenvalue weighted by atomic mass is 32.1. The average Bonchev–Trinajstić information content (AvgIpc) is 3.51. The van der Waals surface area contributed by atoms with E-state index in [-0.39, 0.29) is 23.7 Å². The van der Waals surface area contributed by atoms with Crippen molar-refractivity contribution in [3.05, 3.63) is 70.8 Å². The number of amides is 1. The normalized spacial score (nSPS) is 23.3. The summed E-state index contributed by atoms with van der Waals surface area (Å²) in [6, 6.07) is 12.5. The third kappa shape index (κ3) is 4.49. The summed E-state index contributed by atoms with van der Waals surface area (Å²) in [6.07, 6.45) is 5.11. The highest BCUT2D eigenvalue weighted by Gasteiger charge is 2.40. The van der Waals surface area contributed by atoms with Gasteiger partial charge in [0.05, 0.1) is 28.6 Å². The molecule has 1 saturated carbocycles. The molecule has 1 aliphatic carbocycles. The molecule has 2 aromatic heterocycles. The number of hydrogen-bond acceptors (Lipinski definition) is 5. The summed E-state index contributed by atoms with van der Waals surface area (Å²) in [4.78, 5) is 19.9. The number of hydrogen-bond donors (Lipinski definition) is 2. The maximum absolute atomic E-state index is 14.6. The van der Waals surface area contributed by atoms with Crippen molar-refractivity contribution in [2.24, 2.45) is 5.73 Å². The van der Waals surface area contributed by atoms with Gasteiger partial charge in [-0.25, -0.2) is 9.24 Å². The van der Waals surface area contributed by atoms with Gasteiger partial charge in [0.2, 0.25) is 5.69 Å². The molecule has 0 spiro atoms. The second kappa shape index (κ2) is 9.31. The van der Waals surface area contributed by atoms with Crippen LogP contribution in [-0.4, -0.2) is 50.4 Å². The molecule has 194 valence electrons. The van der Waals surface area contributed by atoms with Crippen molar-refractivity contribution in [2.45, 2.75) is 50.3 Å². The number of carbonyl (C=O) groups excluding carboxylic acids is 1. The van der Waals surface area contributed by atoms with Crippen LogP contribution in [0, 0.1) is 12.4 Å². The Morgan fingerprint density at radius 2 is 2.03 bits per heavy atom. The molecule has 7 nitrogen and oxygen atoms in total. The van der Waals surface area contributed by atoms with Crippen LogP contribution >= 0.6 is 11.3 Å². The van der Waals surface area contributed by atoms with Gasteiger partial charge in [-0.05, 0) is 68.0 Å². The highest BCUT2D eigenvalue weighted by Crippen LogP contribution is 2.43. The predicted molar refractivity (Wildman–Crippen MR) is 147 cm³/mol. The first-order chi connectivity index (χ1) is 18.2. The molecule has 3 heterocycles. The third-order valence-corrected chi connectivity index (χ3v) is 8.75. The van der Waals surface area contributed by atoms with Crippen LogP contribution in [0.15, 0.2) is 48.7 Å². The van der Waals surface area contributed by atoms with E-state index in [4.69, 9.17) is 17.4 Å². The van der Waals surface area contributed by atoms with E-state index in [0.29, 0.717) is 36.4 Å². The number of aliphatic hydroxyl groups is 1. The molecule has 9 heteroatoms. The molecule has 2 aliphatic rings. The van der Waals surface area contributed by atoms with Gasteiger partial charge in [0.15, 0.2) is 0 Å². The Hall–Kier alpha value is -3.58. The zero-order valence-corrected chi connectivity index (χ0v) is 21.8. The fraction of sp³-hybridized carbons (Fsp3) is 0.345. The summed E-state index contributed by atoms with van der Waals surface area (Å²) in [5, 5.41) is 15.8. The van der Waals surface area contributed by atoms with Crippen molar-refractivity contribution in [3.63, 3.8) is 0 Å². The fourth-order valence-corrected chi connectivity index (χ4v) is 6.70. The molecule has 3 N–H and O–H groups in total. The Labute approximate surface area is 224 Å². The summed E-state index contributed by atoms with van der Waals surface area (Å²) in [6.45, 7) is 10.2. The van der Waals surface area contributed by atoms with Crippen LogP contribution in [-0.2, 0) is 0 Å². The number of likely N-dealkylation sites (tertiary alicyclic amines) is 1. The van der Waals surface area contributed by atoms with Crippen molar-refractivity contribution >= 4 is 33.8 Å². The molecule has 1 amide bonds. The monoisotopic (exact) mass is 529 g/mol. The summed E-state index contributed by atoms with van der Waals surface area (Å²) in [7, 11) is 0. The van der Waals surface area contributed by atoms with Gasteiger partial charge >= 0.3 is 0 Å². The second-order valence-electron chi connectivity index (χ2n) is 10.7. The lowest BCUT2D eigenvalue weighted by molar-refractivity contribution is -0.0541. The minimum absolute atomic E-state index is 0.0276. The SMILES string of the molecule is [C-]#[N+]c1ccc(-c2cc(C(=O)N3CCC[C@@H](N)C3)sc2-c2ccc3nn(C4CC(C)(O)C4)cc3c2)cc1F. The molecule has 2 aromatic carbocycles. The Morgan fingerprint density at radius 1 is 1.24 bits per heavy atom. The van der Waals surface area contributed by atoms with Crippen LogP contribution in [0.25, 0.3) is 37.3 Å². The van der Waals surface area contributed by atoms with Crippen LogP contribution < -0.4 is 5.73 Å². The minimum Gasteiger partial charge on any atom is -0.390 e. The van der Waals surface area contributed by atoms with Crippen molar-refractivity contribution in [1.29, 1.82) is 0 Å². The quantitative estimate of drug-likeness (QED) is 0.329. The van der Waals surface area contributed by atoms with Gasteiger partial charge in [0, 0.05) is 41.2 Å². The van der Waals surface area contributed by atoms with E-state index in [1.54, 1.807) is 11.0 Å². The zero-order chi connectivity index (χ0) is 26.6. The average molecular weight is 530 g/mol.